The summed E-state index contributed by atoms with van der Waals surface area (Å²) in [5.74, 6) is 0. The van der Waals surface area contributed by atoms with Gasteiger partial charge in [-0.2, -0.15) is 0 Å². The van der Waals surface area contributed by atoms with Crippen LogP contribution < -0.4 is 0 Å². The van der Waals surface area contributed by atoms with Crippen molar-refractivity contribution in [2.24, 2.45) is 0 Å². The number of fused-ring (bicyclic) bond motifs is 1. The molecule has 0 aromatic heterocycles. The van der Waals surface area contributed by atoms with Crippen LogP contribution in [0.15, 0.2) is 36.9 Å². The van der Waals surface area contributed by atoms with Gasteiger partial charge in [0.1, 0.15) is 0 Å². The minimum atomic E-state index is 1.23. The maximum atomic E-state index is 3.82. The normalized spacial score (nSPS) is 10.4. The van der Waals surface area contributed by atoms with E-state index in [1.165, 1.54) is 27.5 Å². The number of rotatable bonds is 1. The molecule has 0 fully saturated rings. The van der Waals surface area contributed by atoms with Gasteiger partial charge in [0.15, 0.2) is 0 Å². The van der Waals surface area contributed by atoms with Gasteiger partial charge in [-0.3, -0.25) is 0 Å². The summed E-state index contributed by atoms with van der Waals surface area (Å²) in [5, 5.41) is 2.64. The van der Waals surface area contributed by atoms with E-state index in [0.717, 1.165) is 0 Å². The standard InChI is InChI=1S/C14H14/c1-4-12-7-8-13-6-5-10(2)9-14(13)11(12)3/h4-9H,1H2,2-3H3. The molecule has 0 N–H and O–H groups in total. The Balaban J connectivity index is 2.86. The first kappa shape index (κ1) is 9.01. The smallest absolute Gasteiger partial charge is 0.0146 e. The molecule has 0 aliphatic heterocycles. The van der Waals surface area contributed by atoms with Crippen molar-refractivity contribution in [3.8, 4) is 0 Å². The monoisotopic (exact) mass is 182 g/mol. The molecule has 0 atom stereocenters. The fourth-order valence-corrected chi connectivity index (χ4v) is 1.82. The van der Waals surface area contributed by atoms with Crippen LogP contribution in [0.2, 0.25) is 0 Å². The summed E-state index contributed by atoms with van der Waals surface area (Å²) in [5.41, 5.74) is 3.85. The number of hydrogen-bond acceptors (Lipinski definition) is 0. The summed E-state index contributed by atoms with van der Waals surface area (Å²) in [6.45, 7) is 8.10. The van der Waals surface area contributed by atoms with E-state index in [4.69, 9.17) is 0 Å². The van der Waals surface area contributed by atoms with Crippen molar-refractivity contribution in [3.63, 3.8) is 0 Å². The quantitative estimate of drug-likeness (QED) is 0.623. The molecule has 0 heterocycles. The predicted molar refractivity (Wildman–Crippen MR) is 63.5 cm³/mol. The minimum absolute atomic E-state index is 1.23. The second kappa shape index (κ2) is 3.30. The largest absolute Gasteiger partial charge is 0.0985 e. The Labute approximate surface area is 84.9 Å². The summed E-state index contributed by atoms with van der Waals surface area (Å²) in [6.07, 6.45) is 1.91. The van der Waals surface area contributed by atoms with Crippen molar-refractivity contribution >= 4 is 16.8 Å². The molecule has 2 aromatic carbocycles. The zero-order valence-corrected chi connectivity index (χ0v) is 8.67. The maximum Gasteiger partial charge on any atom is -0.0146 e. The Morgan fingerprint density at radius 1 is 1.07 bits per heavy atom. The lowest BCUT2D eigenvalue weighted by atomic mass is 9.99. The van der Waals surface area contributed by atoms with Gasteiger partial charge in [-0.15, -0.1) is 0 Å². The average Bonchev–Trinajstić information content (AvgIpc) is 2.20. The van der Waals surface area contributed by atoms with Gasteiger partial charge in [-0.25, -0.2) is 0 Å². The van der Waals surface area contributed by atoms with E-state index >= 15 is 0 Å². The van der Waals surface area contributed by atoms with Gasteiger partial charge >= 0.3 is 0 Å². The third kappa shape index (κ3) is 1.33. The van der Waals surface area contributed by atoms with E-state index in [9.17, 15) is 0 Å². The van der Waals surface area contributed by atoms with E-state index in [0.29, 0.717) is 0 Å². The Kier molecular flexibility index (Phi) is 2.12. The molecule has 0 saturated carbocycles. The highest BCUT2D eigenvalue weighted by Crippen LogP contribution is 2.23. The molecule has 0 spiro atoms. The summed E-state index contributed by atoms with van der Waals surface area (Å²) in [6, 6.07) is 10.8. The van der Waals surface area contributed by atoms with Gasteiger partial charge in [0, 0.05) is 0 Å². The van der Waals surface area contributed by atoms with Crippen LogP contribution in [0.5, 0.6) is 0 Å². The zero-order chi connectivity index (χ0) is 10.1. The molecule has 70 valence electrons. The van der Waals surface area contributed by atoms with Crippen LogP contribution in [0, 0.1) is 13.8 Å². The Morgan fingerprint density at radius 3 is 2.50 bits per heavy atom. The van der Waals surface area contributed by atoms with E-state index in [1.54, 1.807) is 0 Å². The van der Waals surface area contributed by atoms with Gasteiger partial charge < -0.3 is 0 Å². The third-order valence-electron chi connectivity index (χ3n) is 2.71. The number of hydrogen-bond donors (Lipinski definition) is 0. The van der Waals surface area contributed by atoms with Crippen LogP contribution in [0.3, 0.4) is 0 Å². The van der Waals surface area contributed by atoms with E-state index < -0.39 is 0 Å². The molecule has 0 aliphatic rings. The fraction of sp³-hybridized carbons (Fsp3) is 0.143. The topological polar surface area (TPSA) is 0 Å². The first-order valence-electron chi connectivity index (χ1n) is 4.85. The van der Waals surface area contributed by atoms with Crippen LogP contribution >= 0.6 is 0 Å². The van der Waals surface area contributed by atoms with Crippen molar-refractivity contribution in [3.05, 3.63) is 53.6 Å². The van der Waals surface area contributed by atoms with Crippen LogP contribution in [0.25, 0.3) is 16.8 Å². The van der Waals surface area contributed by atoms with Crippen LogP contribution in [0.1, 0.15) is 16.7 Å². The van der Waals surface area contributed by atoms with E-state index in [-0.39, 0.29) is 0 Å². The Hall–Kier alpha value is -1.56. The Bertz CT molecular complexity index is 493. The third-order valence-corrected chi connectivity index (χ3v) is 2.71. The highest BCUT2D eigenvalue weighted by Gasteiger charge is 2.00. The van der Waals surface area contributed by atoms with E-state index in [2.05, 4.69) is 50.8 Å². The molecule has 2 aromatic rings. The van der Waals surface area contributed by atoms with E-state index in [1.807, 2.05) is 6.08 Å². The summed E-state index contributed by atoms with van der Waals surface area (Å²) in [4.78, 5) is 0. The number of benzene rings is 2. The Morgan fingerprint density at radius 2 is 1.79 bits per heavy atom. The van der Waals surface area contributed by atoms with Crippen molar-refractivity contribution in [1.82, 2.24) is 0 Å². The predicted octanol–water partition coefficient (Wildman–Crippen LogP) is 4.10. The molecular formula is C14H14. The molecular weight excluding hydrogens is 168 g/mol. The van der Waals surface area contributed by atoms with Crippen LogP contribution in [0.4, 0.5) is 0 Å². The first-order chi connectivity index (χ1) is 6.72. The van der Waals surface area contributed by atoms with Gasteiger partial charge in [-0.1, -0.05) is 48.6 Å². The lowest BCUT2D eigenvalue weighted by Gasteiger charge is -2.06. The van der Waals surface area contributed by atoms with Crippen LogP contribution in [-0.2, 0) is 0 Å². The molecule has 0 aliphatic carbocycles. The molecule has 2 rings (SSSR count). The van der Waals surface area contributed by atoms with Gasteiger partial charge in [0.2, 0.25) is 0 Å². The lowest BCUT2D eigenvalue weighted by molar-refractivity contribution is 1.46. The molecule has 0 heteroatoms. The van der Waals surface area contributed by atoms with Gasteiger partial charge in [-0.05, 0) is 35.7 Å². The number of aryl methyl sites for hydroxylation is 2. The molecule has 14 heavy (non-hydrogen) atoms. The second-order valence-electron chi connectivity index (χ2n) is 3.71. The fourth-order valence-electron chi connectivity index (χ4n) is 1.82. The molecule has 0 unspecified atom stereocenters. The van der Waals surface area contributed by atoms with Gasteiger partial charge in [0.05, 0.1) is 0 Å². The summed E-state index contributed by atoms with van der Waals surface area (Å²) in [7, 11) is 0. The van der Waals surface area contributed by atoms with Gasteiger partial charge in [0.25, 0.3) is 0 Å². The zero-order valence-electron chi connectivity index (χ0n) is 8.67. The lowest BCUT2D eigenvalue weighted by Crippen LogP contribution is -1.84. The molecule has 0 radical (unpaired) electrons. The SMILES string of the molecule is C=Cc1ccc2ccc(C)cc2c1C. The summed E-state index contributed by atoms with van der Waals surface area (Å²) >= 11 is 0. The maximum absolute atomic E-state index is 3.82. The molecule has 0 nitrogen and oxygen atoms in total. The van der Waals surface area contributed by atoms with Crippen LogP contribution in [-0.4, -0.2) is 0 Å². The molecule has 0 amide bonds. The molecule has 0 bridgehead atoms. The molecule has 0 saturated heterocycles. The first-order valence-corrected chi connectivity index (χ1v) is 4.85. The highest BCUT2D eigenvalue weighted by molar-refractivity contribution is 5.88. The van der Waals surface area contributed by atoms with Crippen molar-refractivity contribution < 1.29 is 0 Å². The second-order valence-corrected chi connectivity index (χ2v) is 3.71. The van der Waals surface area contributed by atoms with Crippen molar-refractivity contribution in [2.75, 3.05) is 0 Å². The summed E-state index contributed by atoms with van der Waals surface area (Å²) < 4.78 is 0. The van der Waals surface area contributed by atoms with Crippen molar-refractivity contribution in [1.29, 1.82) is 0 Å². The van der Waals surface area contributed by atoms with Crippen molar-refractivity contribution in [2.45, 2.75) is 13.8 Å². The minimum Gasteiger partial charge on any atom is -0.0985 e. The highest BCUT2D eigenvalue weighted by atomic mass is 14.0. The average molecular weight is 182 g/mol.